The molecule has 3 aromatic heterocycles. The zero-order valence-electron chi connectivity index (χ0n) is 26.2. The molecule has 0 aliphatic rings. The quantitative estimate of drug-likeness (QED) is 0.182. The predicted molar refractivity (Wildman–Crippen MR) is 199 cm³/mol. The summed E-state index contributed by atoms with van der Waals surface area (Å²) < 4.78 is 6.75. The van der Waals surface area contributed by atoms with Crippen LogP contribution >= 0.6 is 0 Å². The van der Waals surface area contributed by atoms with Crippen LogP contribution in [0.15, 0.2) is 162 Å². The van der Waals surface area contributed by atoms with Crippen LogP contribution in [0.3, 0.4) is 0 Å². The van der Waals surface area contributed by atoms with Gasteiger partial charge >= 0.3 is 0 Å². The Kier molecular flexibility index (Phi) is 6.11. The molecule has 0 bridgehead atoms. The van der Waals surface area contributed by atoms with Crippen molar-refractivity contribution in [3.63, 3.8) is 0 Å². The maximum Gasteiger partial charge on any atom is 0.164 e. The van der Waals surface area contributed by atoms with Crippen LogP contribution in [-0.4, -0.2) is 19.9 Å². The number of rotatable bonds is 4. The molecule has 0 fully saturated rings. The van der Waals surface area contributed by atoms with Crippen molar-refractivity contribution in [2.75, 3.05) is 0 Å². The Bertz CT molecular complexity index is 2880. The molecule has 0 saturated heterocycles. The topological polar surface area (TPSA) is 64.7 Å². The Morgan fingerprint density at radius 3 is 1.88 bits per heavy atom. The van der Waals surface area contributed by atoms with Crippen molar-refractivity contribution in [1.82, 2.24) is 19.9 Å². The summed E-state index contributed by atoms with van der Waals surface area (Å²) in [5.41, 5.74) is 6.44. The van der Waals surface area contributed by atoms with E-state index in [2.05, 4.69) is 108 Å². The summed E-state index contributed by atoms with van der Waals surface area (Å²) in [6.07, 6.45) is 3.71. The standard InChI is InChI=1S/C44H26N4O/c1-3-11-27(12-4-1)33-19-20-36(40-38-24-31-26-45-22-21-29(31)25-39(38)49-41(33)40)43-46-42(28-13-5-2-6-14-28)47-44(48-43)37-23-30-15-7-8-16-32(30)34-17-9-10-18-35(34)37/h1-26H. The summed E-state index contributed by atoms with van der Waals surface area (Å²) in [5.74, 6) is 1.81. The average molecular weight is 627 g/mol. The smallest absolute Gasteiger partial charge is 0.164 e. The molecular formula is C44H26N4O. The van der Waals surface area contributed by atoms with Crippen molar-refractivity contribution in [3.8, 4) is 45.3 Å². The van der Waals surface area contributed by atoms with E-state index in [-0.39, 0.29) is 0 Å². The molecule has 10 rings (SSSR count). The summed E-state index contributed by atoms with van der Waals surface area (Å²) >= 11 is 0. The average Bonchev–Trinajstić information content (AvgIpc) is 3.55. The number of aromatic nitrogens is 4. The number of pyridine rings is 1. The van der Waals surface area contributed by atoms with Crippen LogP contribution in [0.2, 0.25) is 0 Å². The van der Waals surface area contributed by atoms with Gasteiger partial charge in [-0.25, -0.2) is 15.0 Å². The number of nitrogens with zero attached hydrogens (tertiary/aromatic N) is 4. The molecule has 0 amide bonds. The minimum Gasteiger partial charge on any atom is -0.455 e. The number of benzene rings is 7. The van der Waals surface area contributed by atoms with Gasteiger partial charge < -0.3 is 4.42 Å². The van der Waals surface area contributed by atoms with Gasteiger partial charge in [-0.15, -0.1) is 0 Å². The summed E-state index contributed by atoms with van der Waals surface area (Å²) in [6.45, 7) is 0. The van der Waals surface area contributed by atoms with Crippen molar-refractivity contribution in [3.05, 3.63) is 158 Å². The van der Waals surface area contributed by atoms with Crippen LogP contribution in [-0.2, 0) is 0 Å². The lowest BCUT2D eigenvalue weighted by Crippen LogP contribution is -2.01. The van der Waals surface area contributed by atoms with E-state index < -0.39 is 0 Å². The Morgan fingerprint density at radius 2 is 1.06 bits per heavy atom. The minimum atomic E-state index is 0.583. The molecule has 5 heteroatoms. The van der Waals surface area contributed by atoms with Crippen molar-refractivity contribution in [2.24, 2.45) is 0 Å². The lowest BCUT2D eigenvalue weighted by molar-refractivity contribution is 0.670. The van der Waals surface area contributed by atoms with Gasteiger partial charge in [0.25, 0.3) is 0 Å². The highest BCUT2D eigenvalue weighted by molar-refractivity contribution is 6.18. The van der Waals surface area contributed by atoms with Gasteiger partial charge in [-0.2, -0.15) is 0 Å². The van der Waals surface area contributed by atoms with Crippen LogP contribution < -0.4 is 0 Å². The fourth-order valence-electron chi connectivity index (χ4n) is 7.06. The molecule has 0 aliphatic heterocycles. The Labute approximate surface area is 281 Å². The first-order valence-corrected chi connectivity index (χ1v) is 16.3. The fourth-order valence-corrected chi connectivity index (χ4v) is 7.06. The first-order chi connectivity index (χ1) is 24.3. The maximum absolute atomic E-state index is 6.75. The highest BCUT2D eigenvalue weighted by Gasteiger charge is 2.22. The molecule has 3 heterocycles. The molecule has 228 valence electrons. The predicted octanol–water partition coefficient (Wildman–Crippen LogP) is 11.3. The highest BCUT2D eigenvalue weighted by atomic mass is 16.3. The van der Waals surface area contributed by atoms with Gasteiger partial charge in [-0.1, -0.05) is 109 Å². The van der Waals surface area contributed by atoms with Crippen molar-refractivity contribution >= 4 is 54.3 Å². The third-order valence-electron chi connectivity index (χ3n) is 9.38. The lowest BCUT2D eigenvalue weighted by atomic mass is 9.96. The van der Waals surface area contributed by atoms with Crippen LogP contribution in [0.5, 0.6) is 0 Å². The monoisotopic (exact) mass is 626 g/mol. The summed E-state index contributed by atoms with van der Waals surface area (Å²) in [4.78, 5) is 20.0. The van der Waals surface area contributed by atoms with E-state index in [9.17, 15) is 0 Å². The molecule has 7 aromatic carbocycles. The molecule has 0 unspecified atom stereocenters. The van der Waals surface area contributed by atoms with E-state index in [4.69, 9.17) is 19.4 Å². The molecule has 10 aromatic rings. The van der Waals surface area contributed by atoms with Crippen molar-refractivity contribution in [1.29, 1.82) is 0 Å². The van der Waals surface area contributed by atoms with E-state index >= 15 is 0 Å². The second kappa shape index (κ2) is 10.9. The highest BCUT2D eigenvalue weighted by Crippen LogP contribution is 2.43. The van der Waals surface area contributed by atoms with Gasteiger partial charge in [0.05, 0.1) is 0 Å². The first-order valence-electron chi connectivity index (χ1n) is 16.3. The molecule has 49 heavy (non-hydrogen) atoms. The summed E-state index contributed by atoms with van der Waals surface area (Å²) in [7, 11) is 0. The SMILES string of the molecule is c1ccc(-c2nc(-c3cc4ccccc4c4ccccc34)nc(-c3ccc(-c4ccccc4)c4oc5cc6ccncc6cc5c34)n2)cc1. The van der Waals surface area contributed by atoms with E-state index in [1.807, 2.05) is 54.9 Å². The van der Waals surface area contributed by atoms with Crippen LogP contribution in [0.25, 0.3) is 99.5 Å². The van der Waals surface area contributed by atoms with E-state index in [0.29, 0.717) is 17.5 Å². The van der Waals surface area contributed by atoms with Crippen molar-refractivity contribution < 1.29 is 4.42 Å². The zero-order chi connectivity index (χ0) is 32.3. The fraction of sp³-hybridized carbons (Fsp3) is 0. The van der Waals surface area contributed by atoms with Gasteiger partial charge in [0.1, 0.15) is 11.2 Å². The molecule has 0 saturated carbocycles. The zero-order valence-corrected chi connectivity index (χ0v) is 26.2. The first kappa shape index (κ1) is 27.4. The second-order valence-corrected chi connectivity index (χ2v) is 12.3. The summed E-state index contributed by atoms with van der Waals surface area (Å²) in [6, 6.07) is 50.2. The maximum atomic E-state index is 6.75. The van der Waals surface area contributed by atoms with Gasteiger partial charge in [-0.05, 0) is 68.9 Å². The van der Waals surface area contributed by atoms with E-state index in [1.54, 1.807) is 0 Å². The number of fused-ring (bicyclic) bond motifs is 7. The van der Waals surface area contributed by atoms with Gasteiger partial charge in [0, 0.05) is 50.8 Å². The molecular weight excluding hydrogens is 601 g/mol. The van der Waals surface area contributed by atoms with Gasteiger partial charge in [-0.3, -0.25) is 4.98 Å². The Balaban J connectivity index is 1.31. The minimum absolute atomic E-state index is 0.583. The van der Waals surface area contributed by atoms with Gasteiger partial charge in [0.2, 0.25) is 0 Å². The van der Waals surface area contributed by atoms with E-state index in [0.717, 1.165) is 76.7 Å². The molecule has 0 N–H and O–H groups in total. The van der Waals surface area contributed by atoms with Crippen LogP contribution in [0.4, 0.5) is 0 Å². The molecule has 0 spiro atoms. The lowest BCUT2D eigenvalue weighted by Gasteiger charge is -2.13. The largest absolute Gasteiger partial charge is 0.455 e. The van der Waals surface area contributed by atoms with Crippen molar-refractivity contribution in [2.45, 2.75) is 0 Å². The summed E-state index contributed by atoms with van der Waals surface area (Å²) in [5, 5.41) is 8.65. The second-order valence-electron chi connectivity index (χ2n) is 12.3. The molecule has 5 nitrogen and oxygen atoms in total. The molecule has 0 aliphatic carbocycles. The third-order valence-corrected chi connectivity index (χ3v) is 9.38. The normalized spacial score (nSPS) is 11.7. The number of hydrogen-bond acceptors (Lipinski definition) is 5. The van der Waals surface area contributed by atoms with E-state index in [1.165, 1.54) is 5.39 Å². The Hall–Kier alpha value is -6.72. The number of hydrogen-bond donors (Lipinski definition) is 0. The third kappa shape index (κ3) is 4.48. The Morgan fingerprint density at radius 1 is 0.408 bits per heavy atom. The van der Waals surface area contributed by atoms with Gasteiger partial charge in [0.15, 0.2) is 17.5 Å². The molecule has 0 atom stereocenters. The van der Waals surface area contributed by atoms with Crippen LogP contribution in [0, 0.1) is 0 Å². The van der Waals surface area contributed by atoms with Crippen LogP contribution in [0.1, 0.15) is 0 Å². The number of furan rings is 1. The molecule has 0 radical (unpaired) electrons.